The lowest BCUT2D eigenvalue weighted by Gasteiger charge is -1.83. The van der Waals surface area contributed by atoms with E-state index in [-0.39, 0.29) is 5.43 Å². The Bertz CT molecular complexity index is 400. The summed E-state index contributed by atoms with van der Waals surface area (Å²) in [4.78, 5) is 13.8. The molecule has 0 fully saturated rings. The highest BCUT2D eigenvalue weighted by atomic mass is 16.1. The number of aromatic nitrogens is 3. The van der Waals surface area contributed by atoms with Crippen molar-refractivity contribution >= 4 is 11.0 Å². The van der Waals surface area contributed by atoms with Crippen molar-refractivity contribution < 1.29 is 0 Å². The minimum Gasteiger partial charge on any atom is -0.346 e. The Kier molecular flexibility index (Phi) is 0.887. The molecule has 50 valence electrons. The zero-order chi connectivity index (χ0) is 6.97. The topological polar surface area (TPSA) is 61.5 Å². The molecule has 0 aliphatic rings. The maximum absolute atomic E-state index is 10.9. The molecular weight excluding hydrogens is 130 g/mol. The van der Waals surface area contributed by atoms with Gasteiger partial charge in [0.15, 0.2) is 0 Å². The predicted molar refractivity (Wildman–Crippen MR) is 36.7 cm³/mol. The average molecular weight is 135 g/mol. The number of rotatable bonds is 0. The fourth-order valence-electron chi connectivity index (χ4n) is 0.892. The average Bonchev–Trinajstić information content (AvgIpc) is 2.36. The number of H-pyrrole nitrogens is 2. The third kappa shape index (κ3) is 0.556. The summed E-state index contributed by atoms with van der Waals surface area (Å²) < 4.78 is 0. The van der Waals surface area contributed by atoms with Crippen molar-refractivity contribution in [2.45, 2.75) is 0 Å². The molecule has 0 aliphatic carbocycles. The van der Waals surface area contributed by atoms with Crippen LogP contribution in [0.3, 0.4) is 0 Å². The van der Waals surface area contributed by atoms with Crippen LogP contribution in [0.25, 0.3) is 11.0 Å². The summed E-state index contributed by atoms with van der Waals surface area (Å²) in [7, 11) is 0. The number of aromatic amines is 2. The highest BCUT2D eigenvalue weighted by Gasteiger charge is 1.95. The van der Waals surface area contributed by atoms with Gasteiger partial charge in [0.25, 0.3) is 0 Å². The molecule has 0 aliphatic heterocycles. The third-order valence-corrected chi connectivity index (χ3v) is 1.37. The molecular formula is C6H5N3O. The van der Waals surface area contributed by atoms with Crippen LogP contribution in [0, 0.1) is 0 Å². The summed E-state index contributed by atoms with van der Waals surface area (Å²) in [6.45, 7) is 0. The maximum atomic E-state index is 10.9. The number of hydrogen-bond acceptors (Lipinski definition) is 2. The summed E-state index contributed by atoms with van der Waals surface area (Å²) in [5, 5.41) is 6.93. The molecule has 4 heteroatoms. The Morgan fingerprint density at radius 1 is 1.50 bits per heavy atom. The number of hydrogen-bond donors (Lipinski definition) is 2. The van der Waals surface area contributed by atoms with Gasteiger partial charge in [-0.05, 0) is 6.07 Å². The molecule has 0 amide bonds. The van der Waals surface area contributed by atoms with Gasteiger partial charge in [-0.1, -0.05) is 0 Å². The Morgan fingerprint density at radius 3 is 3.20 bits per heavy atom. The molecule has 0 spiro atoms. The predicted octanol–water partition coefficient (Wildman–Crippen LogP) is 0.251. The lowest BCUT2D eigenvalue weighted by molar-refractivity contribution is 1.05. The van der Waals surface area contributed by atoms with Crippen LogP contribution in [-0.2, 0) is 0 Å². The Hall–Kier alpha value is -1.58. The molecule has 0 saturated carbocycles. The van der Waals surface area contributed by atoms with Gasteiger partial charge in [-0.3, -0.25) is 9.89 Å². The van der Waals surface area contributed by atoms with Crippen molar-refractivity contribution in [3.8, 4) is 0 Å². The van der Waals surface area contributed by atoms with Gasteiger partial charge in [0.2, 0.25) is 5.43 Å². The van der Waals surface area contributed by atoms with Crippen molar-refractivity contribution in [2.24, 2.45) is 0 Å². The van der Waals surface area contributed by atoms with Crippen molar-refractivity contribution in [3.05, 3.63) is 28.7 Å². The van der Waals surface area contributed by atoms with Crippen LogP contribution >= 0.6 is 0 Å². The molecule has 2 aromatic rings. The highest BCUT2D eigenvalue weighted by molar-refractivity contribution is 5.73. The lowest BCUT2D eigenvalue weighted by Crippen LogP contribution is -2.00. The monoisotopic (exact) mass is 135 g/mol. The van der Waals surface area contributed by atoms with Gasteiger partial charge in [0.05, 0.1) is 11.6 Å². The van der Waals surface area contributed by atoms with Gasteiger partial charge in [-0.25, -0.2) is 0 Å². The van der Waals surface area contributed by atoms with E-state index in [0.29, 0.717) is 11.0 Å². The van der Waals surface area contributed by atoms with E-state index in [1.54, 1.807) is 12.3 Å². The van der Waals surface area contributed by atoms with Gasteiger partial charge in [0.1, 0.15) is 5.65 Å². The summed E-state index contributed by atoms with van der Waals surface area (Å²) in [6.07, 6.45) is 2.96. The molecule has 4 nitrogen and oxygen atoms in total. The van der Waals surface area contributed by atoms with E-state index in [4.69, 9.17) is 0 Å². The second kappa shape index (κ2) is 1.70. The zero-order valence-electron chi connectivity index (χ0n) is 5.09. The van der Waals surface area contributed by atoms with Crippen LogP contribution in [0.15, 0.2) is 23.3 Å². The number of nitrogens with zero attached hydrogens (tertiary/aromatic N) is 1. The van der Waals surface area contributed by atoms with Crippen LogP contribution in [-0.4, -0.2) is 15.2 Å². The van der Waals surface area contributed by atoms with Crippen molar-refractivity contribution in [3.63, 3.8) is 0 Å². The van der Waals surface area contributed by atoms with Crippen molar-refractivity contribution in [1.82, 2.24) is 15.2 Å². The van der Waals surface area contributed by atoms with Gasteiger partial charge >= 0.3 is 0 Å². The quantitative estimate of drug-likeness (QED) is 0.544. The second-order valence-electron chi connectivity index (χ2n) is 2.00. The fraction of sp³-hybridized carbons (Fsp3) is 0. The maximum Gasteiger partial charge on any atom is 0.209 e. The van der Waals surface area contributed by atoms with Crippen LogP contribution in [0.4, 0.5) is 0 Å². The lowest BCUT2D eigenvalue weighted by atomic mass is 10.4. The molecule has 10 heavy (non-hydrogen) atoms. The molecule has 2 rings (SSSR count). The Balaban J connectivity index is 3.09. The molecule has 0 bridgehead atoms. The van der Waals surface area contributed by atoms with E-state index in [2.05, 4.69) is 15.2 Å². The number of nitrogens with one attached hydrogen (secondary N) is 2. The largest absolute Gasteiger partial charge is 0.346 e. The van der Waals surface area contributed by atoms with Gasteiger partial charge < -0.3 is 4.98 Å². The standard InChI is InChI=1S/C6H5N3O/c10-5-3-8-9-6-4(5)1-2-7-6/h1-3H,(H2,7,9,10). The molecule has 0 atom stereocenters. The van der Waals surface area contributed by atoms with Crippen LogP contribution in [0.1, 0.15) is 0 Å². The van der Waals surface area contributed by atoms with Crippen molar-refractivity contribution in [2.75, 3.05) is 0 Å². The van der Waals surface area contributed by atoms with Gasteiger partial charge in [-0.15, -0.1) is 0 Å². The summed E-state index contributed by atoms with van der Waals surface area (Å²) in [5.74, 6) is 0. The Labute approximate surface area is 55.9 Å². The van der Waals surface area contributed by atoms with E-state index in [0.717, 1.165) is 0 Å². The first kappa shape index (κ1) is 5.22. The minimum atomic E-state index is -0.0602. The highest BCUT2D eigenvalue weighted by Crippen LogP contribution is 1.99. The van der Waals surface area contributed by atoms with Crippen LogP contribution < -0.4 is 5.43 Å². The molecule has 0 aromatic carbocycles. The van der Waals surface area contributed by atoms with Gasteiger partial charge in [-0.2, -0.15) is 5.10 Å². The molecule has 2 N–H and O–H groups in total. The van der Waals surface area contributed by atoms with Crippen LogP contribution in [0.5, 0.6) is 0 Å². The Morgan fingerprint density at radius 2 is 2.40 bits per heavy atom. The first-order chi connectivity index (χ1) is 4.88. The van der Waals surface area contributed by atoms with E-state index in [1.165, 1.54) is 6.20 Å². The smallest absolute Gasteiger partial charge is 0.209 e. The summed E-state index contributed by atoms with van der Waals surface area (Å²) >= 11 is 0. The van der Waals surface area contributed by atoms with E-state index < -0.39 is 0 Å². The fourth-order valence-corrected chi connectivity index (χ4v) is 0.892. The summed E-state index contributed by atoms with van der Waals surface area (Å²) in [5.41, 5.74) is 0.613. The molecule has 0 unspecified atom stereocenters. The minimum absolute atomic E-state index is 0.0602. The molecule has 0 saturated heterocycles. The van der Waals surface area contributed by atoms with Gasteiger partial charge in [0, 0.05) is 6.20 Å². The van der Waals surface area contributed by atoms with Crippen LogP contribution in [0.2, 0.25) is 0 Å². The van der Waals surface area contributed by atoms with Crippen molar-refractivity contribution in [1.29, 1.82) is 0 Å². The number of fused-ring (bicyclic) bond motifs is 1. The van der Waals surface area contributed by atoms with E-state index in [9.17, 15) is 4.79 Å². The SMILES string of the molecule is O=c1cn[nH]c2[nH]ccc12. The first-order valence-corrected chi connectivity index (χ1v) is 2.89. The van der Waals surface area contributed by atoms with E-state index >= 15 is 0 Å². The first-order valence-electron chi connectivity index (χ1n) is 2.89. The summed E-state index contributed by atoms with van der Waals surface area (Å²) in [6, 6.07) is 1.72. The third-order valence-electron chi connectivity index (χ3n) is 1.37. The van der Waals surface area contributed by atoms with E-state index in [1.807, 2.05) is 0 Å². The molecule has 2 aromatic heterocycles. The molecule has 2 heterocycles. The zero-order valence-corrected chi connectivity index (χ0v) is 5.09. The molecule has 0 radical (unpaired) electrons. The normalized spacial score (nSPS) is 10.4. The second-order valence-corrected chi connectivity index (χ2v) is 2.00.